The molecule has 1 N–H and O–H groups in total. The van der Waals surface area contributed by atoms with Gasteiger partial charge in [0.25, 0.3) is 0 Å². The average molecular weight is 316 g/mol. The van der Waals surface area contributed by atoms with Crippen molar-refractivity contribution < 1.29 is 4.39 Å². The van der Waals surface area contributed by atoms with Crippen molar-refractivity contribution in [2.45, 2.75) is 52.0 Å². The Morgan fingerprint density at radius 3 is 2.72 bits per heavy atom. The zero-order valence-corrected chi connectivity index (χ0v) is 12.9. The van der Waals surface area contributed by atoms with Gasteiger partial charge in [0.2, 0.25) is 0 Å². The van der Waals surface area contributed by atoms with Crippen LogP contribution in [-0.4, -0.2) is 12.6 Å². The van der Waals surface area contributed by atoms with Gasteiger partial charge in [-0.15, -0.1) is 0 Å². The topological polar surface area (TPSA) is 12.0 Å². The molecule has 0 spiro atoms. The summed E-state index contributed by atoms with van der Waals surface area (Å²) in [6, 6.07) is 5.72. The van der Waals surface area contributed by atoms with Crippen LogP contribution in [0.2, 0.25) is 0 Å². The second kappa shape index (κ2) is 8.65. The highest BCUT2D eigenvalue weighted by atomic mass is 79.9. The van der Waals surface area contributed by atoms with Crippen molar-refractivity contribution in [2.75, 3.05) is 6.54 Å². The molecule has 0 aromatic heterocycles. The molecule has 102 valence electrons. The fourth-order valence-electron chi connectivity index (χ4n) is 2.18. The molecule has 3 heteroatoms. The van der Waals surface area contributed by atoms with E-state index in [-0.39, 0.29) is 5.82 Å². The molecule has 18 heavy (non-hydrogen) atoms. The molecule has 0 aliphatic heterocycles. The van der Waals surface area contributed by atoms with Gasteiger partial charge in [-0.25, -0.2) is 4.39 Å². The molecule has 0 bridgehead atoms. The third-order valence-electron chi connectivity index (χ3n) is 3.15. The van der Waals surface area contributed by atoms with Gasteiger partial charge in [0.05, 0.1) is 4.47 Å². The van der Waals surface area contributed by atoms with E-state index in [0.717, 1.165) is 24.9 Å². The highest BCUT2D eigenvalue weighted by Gasteiger charge is 2.12. The standard InChI is InChI=1S/C15H23BrFN/c1-3-5-6-9-13(18-4-2)11-12-8-7-10-14(17)15(12)16/h7-8,10,13,18H,3-6,9,11H2,1-2H3. The Morgan fingerprint density at radius 2 is 2.06 bits per heavy atom. The summed E-state index contributed by atoms with van der Waals surface area (Å²) in [5, 5.41) is 3.49. The maximum Gasteiger partial charge on any atom is 0.137 e. The Bertz CT molecular complexity index is 354. The molecule has 0 saturated carbocycles. The van der Waals surface area contributed by atoms with Crippen LogP contribution < -0.4 is 5.32 Å². The first-order valence-corrected chi connectivity index (χ1v) is 7.64. The van der Waals surface area contributed by atoms with Gasteiger partial charge in [-0.3, -0.25) is 0 Å². The normalized spacial score (nSPS) is 12.7. The van der Waals surface area contributed by atoms with Crippen molar-refractivity contribution in [3.63, 3.8) is 0 Å². The number of unbranched alkanes of at least 4 members (excludes halogenated alkanes) is 2. The first kappa shape index (κ1) is 15.6. The van der Waals surface area contributed by atoms with Crippen molar-refractivity contribution in [3.05, 3.63) is 34.1 Å². The third-order valence-corrected chi connectivity index (χ3v) is 4.03. The second-order valence-corrected chi connectivity index (χ2v) is 5.46. The van der Waals surface area contributed by atoms with E-state index < -0.39 is 0 Å². The summed E-state index contributed by atoms with van der Waals surface area (Å²) in [6.07, 6.45) is 5.79. The quantitative estimate of drug-likeness (QED) is 0.686. The van der Waals surface area contributed by atoms with E-state index >= 15 is 0 Å². The van der Waals surface area contributed by atoms with Crippen LogP contribution in [0.1, 0.15) is 45.1 Å². The average Bonchev–Trinajstić information content (AvgIpc) is 2.35. The van der Waals surface area contributed by atoms with Crippen LogP contribution in [0, 0.1) is 5.82 Å². The fourth-order valence-corrected chi connectivity index (χ4v) is 2.60. The Morgan fingerprint density at radius 1 is 1.28 bits per heavy atom. The number of likely N-dealkylation sites (N-methyl/N-ethyl adjacent to an activating group) is 1. The molecule has 1 aromatic rings. The fraction of sp³-hybridized carbons (Fsp3) is 0.600. The molecule has 0 fully saturated rings. The maximum absolute atomic E-state index is 13.5. The predicted molar refractivity (Wildman–Crippen MR) is 79.4 cm³/mol. The summed E-state index contributed by atoms with van der Waals surface area (Å²) in [7, 11) is 0. The first-order valence-electron chi connectivity index (χ1n) is 6.85. The van der Waals surface area contributed by atoms with Gasteiger partial charge in [-0.05, 0) is 46.9 Å². The summed E-state index contributed by atoms with van der Waals surface area (Å²) >= 11 is 3.34. The van der Waals surface area contributed by atoms with Crippen LogP contribution in [0.5, 0.6) is 0 Å². The van der Waals surface area contributed by atoms with Crippen molar-refractivity contribution in [3.8, 4) is 0 Å². The zero-order chi connectivity index (χ0) is 13.4. The minimum absolute atomic E-state index is 0.170. The van der Waals surface area contributed by atoms with E-state index in [0.29, 0.717) is 10.5 Å². The van der Waals surface area contributed by atoms with Gasteiger partial charge in [0, 0.05) is 6.04 Å². The second-order valence-electron chi connectivity index (χ2n) is 4.67. The minimum atomic E-state index is -0.170. The number of nitrogens with one attached hydrogen (secondary N) is 1. The lowest BCUT2D eigenvalue weighted by Crippen LogP contribution is -2.31. The SMILES string of the molecule is CCCCCC(Cc1cccc(F)c1Br)NCC. The Hall–Kier alpha value is -0.410. The molecule has 0 aliphatic carbocycles. The zero-order valence-electron chi connectivity index (χ0n) is 11.3. The van der Waals surface area contributed by atoms with Crippen molar-refractivity contribution in [2.24, 2.45) is 0 Å². The maximum atomic E-state index is 13.5. The first-order chi connectivity index (χ1) is 8.69. The van der Waals surface area contributed by atoms with Gasteiger partial charge in [0.1, 0.15) is 5.82 Å². The molecule has 0 aliphatic rings. The van der Waals surface area contributed by atoms with E-state index in [1.807, 2.05) is 6.07 Å². The number of hydrogen-bond donors (Lipinski definition) is 1. The van der Waals surface area contributed by atoms with Gasteiger partial charge >= 0.3 is 0 Å². The van der Waals surface area contributed by atoms with Crippen LogP contribution in [0.4, 0.5) is 4.39 Å². The Kier molecular flexibility index (Phi) is 7.52. The van der Waals surface area contributed by atoms with Crippen molar-refractivity contribution in [1.82, 2.24) is 5.32 Å². The lowest BCUT2D eigenvalue weighted by Gasteiger charge is -2.18. The number of rotatable bonds is 8. The van der Waals surface area contributed by atoms with Crippen LogP contribution in [0.25, 0.3) is 0 Å². The number of benzene rings is 1. The molecule has 0 heterocycles. The van der Waals surface area contributed by atoms with Crippen LogP contribution in [0.3, 0.4) is 0 Å². The molecule has 1 aromatic carbocycles. The largest absolute Gasteiger partial charge is 0.314 e. The van der Waals surface area contributed by atoms with Crippen LogP contribution in [-0.2, 0) is 6.42 Å². The van der Waals surface area contributed by atoms with Gasteiger partial charge in [0.15, 0.2) is 0 Å². The van der Waals surface area contributed by atoms with Crippen molar-refractivity contribution in [1.29, 1.82) is 0 Å². The molecule has 1 atom stereocenters. The highest BCUT2D eigenvalue weighted by molar-refractivity contribution is 9.10. The molecular weight excluding hydrogens is 293 g/mol. The lowest BCUT2D eigenvalue weighted by atomic mass is 10.0. The van der Waals surface area contributed by atoms with Crippen LogP contribution in [0.15, 0.2) is 22.7 Å². The lowest BCUT2D eigenvalue weighted by molar-refractivity contribution is 0.465. The molecule has 0 radical (unpaired) electrons. The smallest absolute Gasteiger partial charge is 0.137 e. The summed E-state index contributed by atoms with van der Waals surface area (Å²) in [4.78, 5) is 0. The third kappa shape index (κ3) is 5.07. The van der Waals surface area contributed by atoms with E-state index in [1.165, 1.54) is 25.3 Å². The van der Waals surface area contributed by atoms with Gasteiger partial charge in [-0.1, -0.05) is 45.2 Å². The number of hydrogen-bond acceptors (Lipinski definition) is 1. The van der Waals surface area contributed by atoms with Crippen molar-refractivity contribution >= 4 is 15.9 Å². The Labute approximate surface area is 118 Å². The summed E-state index contributed by atoms with van der Waals surface area (Å²) in [5.41, 5.74) is 1.05. The molecule has 1 rings (SSSR count). The van der Waals surface area contributed by atoms with E-state index in [1.54, 1.807) is 6.07 Å². The molecule has 0 saturated heterocycles. The molecule has 1 unspecified atom stereocenters. The minimum Gasteiger partial charge on any atom is -0.314 e. The van der Waals surface area contributed by atoms with Gasteiger partial charge in [-0.2, -0.15) is 0 Å². The summed E-state index contributed by atoms with van der Waals surface area (Å²) < 4.78 is 14.1. The molecular formula is C15H23BrFN. The van der Waals surface area contributed by atoms with Gasteiger partial charge < -0.3 is 5.32 Å². The molecule has 1 nitrogen and oxygen atoms in total. The summed E-state index contributed by atoms with van der Waals surface area (Å²) in [6.45, 7) is 5.29. The van der Waals surface area contributed by atoms with E-state index in [9.17, 15) is 4.39 Å². The van der Waals surface area contributed by atoms with Crippen LogP contribution >= 0.6 is 15.9 Å². The highest BCUT2D eigenvalue weighted by Crippen LogP contribution is 2.22. The monoisotopic (exact) mass is 315 g/mol. The predicted octanol–water partition coefficient (Wildman–Crippen LogP) is 4.69. The Balaban J connectivity index is 2.61. The molecule has 0 amide bonds. The number of halogens is 2. The summed E-state index contributed by atoms with van der Waals surface area (Å²) in [5.74, 6) is -0.170. The van der Waals surface area contributed by atoms with E-state index in [4.69, 9.17) is 0 Å². The van der Waals surface area contributed by atoms with E-state index in [2.05, 4.69) is 35.1 Å².